The van der Waals surface area contributed by atoms with Crippen molar-refractivity contribution < 1.29 is 13.9 Å². The van der Waals surface area contributed by atoms with Crippen molar-refractivity contribution in [2.75, 3.05) is 12.4 Å². The van der Waals surface area contributed by atoms with Crippen LogP contribution in [0.15, 0.2) is 28.7 Å². The molecule has 0 radical (unpaired) electrons. The molecule has 1 N–H and O–H groups in total. The minimum atomic E-state index is -0.166. The van der Waals surface area contributed by atoms with E-state index in [-0.39, 0.29) is 17.8 Å². The smallest absolute Gasteiger partial charge is 0.322 e. The third-order valence-electron chi connectivity index (χ3n) is 2.50. The summed E-state index contributed by atoms with van der Waals surface area (Å²) in [4.78, 5) is 11.5. The molecule has 1 aromatic carbocycles. The van der Waals surface area contributed by atoms with Gasteiger partial charge in [0.2, 0.25) is 11.8 Å². The summed E-state index contributed by atoms with van der Waals surface area (Å²) in [7, 11) is 1.58. The lowest BCUT2D eigenvalue weighted by atomic mass is 10.2. The minimum Gasteiger partial charge on any atom is -0.497 e. The van der Waals surface area contributed by atoms with Crippen molar-refractivity contribution in [3.63, 3.8) is 0 Å². The summed E-state index contributed by atoms with van der Waals surface area (Å²) in [5.41, 5.74) is 0.733. The molecule has 19 heavy (non-hydrogen) atoms. The molecule has 0 bridgehead atoms. The Hall–Kier alpha value is -2.37. The number of anilines is 1. The molecule has 1 amide bonds. The molecule has 0 aliphatic heterocycles. The van der Waals surface area contributed by atoms with Gasteiger partial charge in [-0.15, -0.1) is 5.10 Å². The molecule has 2 rings (SSSR count). The Morgan fingerprint density at radius 1 is 1.37 bits per heavy atom. The first kappa shape index (κ1) is 13.1. The van der Waals surface area contributed by atoms with Crippen LogP contribution in [0.4, 0.5) is 6.01 Å². The topological polar surface area (TPSA) is 77.3 Å². The van der Waals surface area contributed by atoms with Crippen LogP contribution in [-0.2, 0) is 4.79 Å². The van der Waals surface area contributed by atoms with Crippen molar-refractivity contribution in [1.29, 1.82) is 0 Å². The average Bonchev–Trinajstić information content (AvgIpc) is 2.87. The number of amides is 1. The number of carbonyl (C=O) groups is 1. The molecule has 1 heterocycles. The Bertz CT molecular complexity index is 578. The molecule has 6 nitrogen and oxygen atoms in total. The first-order valence-electron chi connectivity index (χ1n) is 5.89. The number of aromatic nitrogens is 2. The molecule has 0 aliphatic carbocycles. The van der Waals surface area contributed by atoms with Gasteiger partial charge in [0.1, 0.15) is 5.75 Å². The van der Waals surface area contributed by atoms with Crippen LogP contribution in [0.3, 0.4) is 0 Å². The van der Waals surface area contributed by atoms with Gasteiger partial charge in [0.25, 0.3) is 0 Å². The Labute approximate surface area is 110 Å². The average molecular weight is 261 g/mol. The second-order valence-electron chi connectivity index (χ2n) is 4.29. The fraction of sp³-hybridized carbons (Fsp3) is 0.308. The zero-order chi connectivity index (χ0) is 13.8. The lowest BCUT2D eigenvalue weighted by Crippen LogP contribution is -2.17. The fourth-order valence-electron chi connectivity index (χ4n) is 1.40. The summed E-state index contributed by atoms with van der Waals surface area (Å²) >= 11 is 0. The number of benzene rings is 1. The molecule has 2 aromatic rings. The van der Waals surface area contributed by atoms with Crippen molar-refractivity contribution in [3.8, 4) is 17.2 Å². The van der Waals surface area contributed by atoms with E-state index >= 15 is 0 Å². The number of carbonyl (C=O) groups excluding carboxylic acids is 1. The van der Waals surface area contributed by atoms with Crippen LogP contribution in [0.1, 0.15) is 13.8 Å². The molecule has 0 saturated carbocycles. The lowest BCUT2D eigenvalue weighted by Gasteiger charge is -2.02. The van der Waals surface area contributed by atoms with E-state index in [1.165, 1.54) is 0 Å². The molecule has 1 aromatic heterocycles. The van der Waals surface area contributed by atoms with Crippen molar-refractivity contribution in [2.24, 2.45) is 5.92 Å². The van der Waals surface area contributed by atoms with E-state index < -0.39 is 0 Å². The fourth-order valence-corrected chi connectivity index (χ4v) is 1.40. The molecule has 0 saturated heterocycles. The minimum absolute atomic E-state index is 0.0940. The van der Waals surface area contributed by atoms with Gasteiger partial charge in [-0.1, -0.05) is 25.0 Å². The van der Waals surface area contributed by atoms with Gasteiger partial charge in [0.05, 0.1) is 7.11 Å². The molecule has 0 unspecified atom stereocenters. The molecule has 0 spiro atoms. The summed E-state index contributed by atoms with van der Waals surface area (Å²) in [5, 5.41) is 10.2. The van der Waals surface area contributed by atoms with Gasteiger partial charge in [0.15, 0.2) is 0 Å². The lowest BCUT2D eigenvalue weighted by molar-refractivity contribution is -0.119. The first-order chi connectivity index (χ1) is 9.10. The highest BCUT2D eigenvalue weighted by molar-refractivity contribution is 5.90. The molecular formula is C13H15N3O3. The SMILES string of the molecule is COc1cccc(-c2nnc(NC(=O)C(C)C)o2)c1. The van der Waals surface area contributed by atoms with Crippen LogP contribution in [0, 0.1) is 5.92 Å². The summed E-state index contributed by atoms with van der Waals surface area (Å²) in [6, 6.07) is 7.34. The molecule has 0 atom stereocenters. The van der Waals surface area contributed by atoms with Crippen molar-refractivity contribution in [3.05, 3.63) is 24.3 Å². The highest BCUT2D eigenvalue weighted by atomic mass is 16.5. The van der Waals surface area contributed by atoms with E-state index in [2.05, 4.69) is 15.5 Å². The van der Waals surface area contributed by atoms with Crippen LogP contribution in [-0.4, -0.2) is 23.2 Å². The third kappa shape index (κ3) is 3.09. The zero-order valence-corrected chi connectivity index (χ0v) is 11.0. The van der Waals surface area contributed by atoms with Crippen LogP contribution in [0.2, 0.25) is 0 Å². The molecule has 6 heteroatoms. The Morgan fingerprint density at radius 3 is 2.84 bits per heavy atom. The van der Waals surface area contributed by atoms with Crippen molar-refractivity contribution >= 4 is 11.9 Å². The number of nitrogens with one attached hydrogen (secondary N) is 1. The maximum atomic E-state index is 11.5. The number of hydrogen-bond donors (Lipinski definition) is 1. The number of hydrogen-bond acceptors (Lipinski definition) is 5. The number of nitrogens with zero attached hydrogens (tertiary/aromatic N) is 2. The molecule has 0 aliphatic rings. The second kappa shape index (κ2) is 5.51. The highest BCUT2D eigenvalue weighted by Gasteiger charge is 2.13. The monoisotopic (exact) mass is 261 g/mol. The number of methoxy groups -OCH3 is 1. The number of ether oxygens (including phenoxy) is 1. The van der Waals surface area contributed by atoms with Gasteiger partial charge in [-0.05, 0) is 18.2 Å². The Morgan fingerprint density at radius 2 is 2.16 bits per heavy atom. The maximum Gasteiger partial charge on any atom is 0.322 e. The van der Waals surface area contributed by atoms with Gasteiger partial charge in [0, 0.05) is 11.5 Å². The zero-order valence-electron chi connectivity index (χ0n) is 11.0. The third-order valence-corrected chi connectivity index (χ3v) is 2.50. The van der Waals surface area contributed by atoms with Crippen LogP contribution in [0.25, 0.3) is 11.5 Å². The van der Waals surface area contributed by atoms with Gasteiger partial charge in [-0.2, -0.15) is 0 Å². The normalized spacial score (nSPS) is 10.5. The van der Waals surface area contributed by atoms with Gasteiger partial charge < -0.3 is 9.15 Å². The summed E-state index contributed by atoms with van der Waals surface area (Å²) in [5.74, 6) is 0.717. The van der Waals surface area contributed by atoms with Gasteiger partial charge >= 0.3 is 6.01 Å². The van der Waals surface area contributed by atoms with Crippen LogP contribution < -0.4 is 10.1 Å². The van der Waals surface area contributed by atoms with Crippen LogP contribution >= 0.6 is 0 Å². The van der Waals surface area contributed by atoms with E-state index in [4.69, 9.17) is 9.15 Å². The van der Waals surface area contributed by atoms with E-state index in [1.54, 1.807) is 27.0 Å². The van der Waals surface area contributed by atoms with E-state index in [0.717, 1.165) is 5.56 Å². The van der Waals surface area contributed by atoms with Crippen LogP contribution in [0.5, 0.6) is 5.75 Å². The van der Waals surface area contributed by atoms with Crippen molar-refractivity contribution in [2.45, 2.75) is 13.8 Å². The standard InChI is InChI=1S/C13H15N3O3/c1-8(2)11(17)14-13-16-15-12(19-13)9-5-4-6-10(7-9)18-3/h4-8H,1-3H3,(H,14,16,17). The van der Waals surface area contributed by atoms with Gasteiger partial charge in [-0.25, -0.2) is 0 Å². The Kier molecular flexibility index (Phi) is 3.79. The predicted molar refractivity (Wildman–Crippen MR) is 69.8 cm³/mol. The molecule has 0 fully saturated rings. The summed E-state index contributed by atoms with van der Waals surface area (Å²) < 4.78 is 10.5. The predicted octanol–water partition coefficient (Wildman–Crippen LogP) is 2.34. The molecular weight excluding hydrogens is 246 g/mol. The first-order valence-corrected chi connectivity index (χ1v) is 5.89. The molecule has 100 valence electrons. The van der Waals surface area contributed by atoms with E-state index in [0.29, 0.717) is 11.6 Å². The summed E-state index contributed by atoms with van der Waals surface area (Å²) in [6.45, 7) is 3.57. The Balaban J connectivity index is 2.18. The van der Waals surface area contributed by atoms with E-state index in [1.807, 2.05) is 18.2 Å². The maximum absolute atomic E-state index is 11.5. The summed E-state index contributed by atoms with van der Waals surface area (Å²) in [6.07, 6.45) is 0. The highest BCUT2D eigenvalue weighted by Crippen LogP contribution is 2.23. The largest absolute Gasteiger partial charge is 0.497 e. The second-order valence-corrected chi connectivity index (χ2v) is 4.29. The number of rotatable bonds is 4. The van der Waals surface area contributed by atoms with Gasteiger partial charge in [-0.3, -0.25) is 10.1 Å². The van der Waals surface area contributed by atoms with E-state index in [9.17, 15) is 4.79 Å². The van der Waals surface area contributed by atoms with Crippen molar-refractivity contribution in [1.82, 2.24) is 10.2 Å². The quantitative estimate of drug-likeness (QED) is 0.914.